The standard InChI is InChI=1S/C43H61N6O16.3C4H9.Sn/c50-32(13-5-2-8-18-44-35(53)14-6-7-15-41(63)65-42-33(51)16-17-34(42)52)25-47(28-38(57)58)23-21-46(27-37(55)56)22-24-48(29-39(59)60)26-36(54)49(30-40(61)62)20-10-9-19-45-43(64)31-11-3-1-4-12-31;3*1-3-4-2;/h1,3,11-12,42H,2,5-10,13-30H2,(H,44,53)(H,45,64)(H,55,56)(H,57,58)(H,59,60)(H,61,62);3*1,3-4H2,2H3;. The van der Waals surface area contributed by atoms with Crippen molar-refractivity contribution >= 4 is 86.9 Å². The monoisotopic (exact) mass is 1210 g/mol. The van der Waals surface area contributed by atoms with Crippen LogP contribution in [0.25, 0.3) is 0 Å². The number of hydrogen-bond donors (Lipinski definition) is 6. The number of nitrogens with one attached hydrogen (secondary N) is 2. The first-order chi connectivity index (χ1) is 37.2. The molecule has 0 saturated heterocycles. The first-order valence-electron chi connectivity index (χ1n) is 28.0. The first kappa shape index (κ1) is 68.8. The van der Waals surface area contributed by atoms with Crippen LogP contribution in [0.5, 0.6) is 0 Å². The van der Waals surface area contributed by atoms with Crippen molar-refractivity contribution in [3.63, 3.8) is 0 Å². The summed E-state index contributed by atoms with van der Waals surface area (Å²) in [5, 5.41) is 44.4. The third-order valence-corrected chi connectivity index (χ3v) is 29.4. The molecular weight excluding hydrogens is 1120 g/mol. The Labute approximate surface area is 463 Å². The summed E-state index contributed by atoms with van der Waals surface area (Å²) in [5.74, 6) is -7.80. The van der Waals surface area contributed by atoms with Crippen molar-refractivity contribution in [3.05, 3.63) is 29.8 Å². The summed E-state index contributed by atoms with van der Waals surface area (Å²) in [6, 6.07) is 8.15. The van der Waals surface area contributed by atoms with Gasteiger partial charge in [0.2, 0.25) is 12.0 Å². The fourth-order valence-electron chi connectivity index (χ4n) is 9.49. The van der Waals surface area contributed by atoms with Crippen LogP contribution in [0.15, 0.2) is 24.3 Å². The number of Topliss-reactive ketones (excluding diaryl/α,β-unsaturated/α-hetero) is 3. The van der Waals surface area contributed by atoms with E-state index in [1.807, 2.05) is 12.1 Å². The zero-order valence-electron chi connectivity index (χ0n) is 46.4. The zero-order valence-corrected chi connectivity index (χ0v) is 49.3. The number of amides is 3. The SMILES string of the molecule is CCC[CH2][Sn]([CH2]CCC)([CH2]CCC)[c]1cccc(C(=O)NCCCCN(CC(=O)O)C(=O)CN(CCN(CCN(CC(=O)O)CC(=O)CCCCCNC(=O)CCCCC(=O)OC2C(=O)CCC2=O)CC(=O)O)CC(=O)O)c1. The molecule has 0 spiro atoms. The van der Waals surface area contributed by atoms with Gasteiger partial charge in [-0.25, -0.2) is 0 Å². The Hall–Kier alpha value is -5.33. The van der Waals surface area contributed by atoms with Gasteiger partial charge in [0.05, 0.1) is 26.2 Å². The Morgan fingerprint density at radius 1 is 0.551 bits per heavy atom. The van der Waals surface area contributed by atoms with Gasteiger partial charge in [0.1, 0.15) is 5.78 Å². The van der Waals surface area contributed by atoms with Gasteiger partial charge < -0.3 is 30.5 Å². The normalized spacial score (nSPS) is 12.8. The average Bonchev–Trinajstić information content (AvgIpc) is 3.70. The van der Waals surface area contributed by atoms with Crippen molar-refractivity contribution in [2.75, 3.05) is 85.1 Å². The summed E-state index contributed by atoms with van der Waals surface area (Å²) in [6.45, 7) is 4.06. The predicted octanol–water partition coefficient (Wildman–Crippen LogP) is 3.98. The molecule has 1 aromatic carbocycles. The van der Waals surface area contributed by atoms with E-state index >= 15 is 0 Å². The van der Waals surface area contributed by atoms with Crippen molar-refractivity contribution < 1.29 is 77.9 Å². The van der Waals surface area contributed by atoms with Gasteiger partial charge in [-0.15, -0.1) is 0 Å². The molecule has 1 aliphatic carbocycles. The molecule has 0 aliphatic heterocycles. The van der Waals surface area contributed by atoms with Crippen LogP contribution in [-0.2, 0) is 52.7 Å². The molecule has 78 heavy (non-hydrogen) atoms. The van der Waals surface area contributed by atoms with Crippen LogP contribution in [0.2, 0.25) is 13.3 Å². The molecule has 1 aliphatic rings. The summed E-state index contributed by atoms with van der Waals surface area (Å²) in [6.07, 6.45) is 9.20. The van der Waals surface area contributed by atoms with Gasteiger partial charge in [0, 0.05) is 64.8 Å². The van der Waals surface area contributed by atoms with Gasteiger partial charge in [0.25, 0.3) is 0 Å². The maximum atomic E-state index is 13.6. The van der Waals surface area contributed by atoms with Crippen molar-refractivity contribution in [1.29, 1.82) is 0 Å². The average molecular weight is 1210 g/mol. The fraction of sp³-hybridized carbons (Fsp3) is 0.691. The number of rotatable bonds is 46. The Bertz CT molecular complexity index is 2090. The van der Waals surface area contributed by atoms with E-state index in [2.05, 4.69) is 43.5 Å². The quantitative estimate of drug-likeness (QED) is 0.0233. The van der Waals surface area contributed by atoms with E-state index in [0.717, 1.165) is 24.2 Å². The molecular formula is C55H88N6O16Sn. The molecule has 0 atom stereocenters. The summed E-state index contributed by atoms with van der Waals surface area (Å²) in [7, 11) is 0. The molecule has 0 bridgehead atoms. The molecule has 3 amide bonds. The number of carbonyl (C=O) groups excluding carboxylic acids is 7. The number of carboxylic acids is 4. The number of hydrogen-bond acceptors (Lipinski definition) is 15. The molecule has 438 valence electrons. The van der Waals surface area contributed by atoms with Crippen LogP contribution in [-0.4, -0.2) is 215 Å². The van der Waals surface area contributed by atoms with Gasteiger partial charge >= 0.3 is 225 Å². The fourth-order valence-corrected chi connectivity index (χ4v) is 25.5. The van der Waals surface area contributed by atoms with Gasteiger partial charge in [0.15, 0.2) is 11.6 Å². The molecule has 1 saturated carbocycles. The Balaban J connectivity index is 1.88. The molecule has 1 fully saturated rings. The van der Waals surface area contributed by atoms with Crippen LogP contribution in [0.4, 0.5) is 0 Å². The van der Waals surface area contributed by atoms with E-state index in [1.54, 1.807) is 0 Å². The maximum absolute atomic E-state index is 13.6. The Kier molecular flexibility index (Phi) is 34.5. The van der Waals surface area contributed by atoms with Gasteiger partial charge in [-0.2, -0.15) is 0 Å². The van der Waals surface area contributed by atoms with Crippen molar-refractivity contribution in [3.8, 4) is 0 Å². The first-order valence-corrected chi connectivity index (χ1v) is 35.4. The van der Waals surface area contributed by atoms with E-state index in [9.17, 15) is 73.2 Å². The van der Waals surface area contributed by atoms with Crippen LogP contribution in [0.3, 0.4) is 0 Å². The van der Waals surface area contributed by atoms with Crippen LogP contribution in [0, 0.1) is 0 Å². The topological polar surface area (TPSA) is 315 Å². The van der Waals surface area contributed by atoms with Gasteiger partial charge in [-0.05, 0) is 25.7 Å². The molecule has 0 heterocycles. The van der Waals surface area contributed by atoms with Crippen molar-refractivity contribution in [2.45, 2.75) is 156 Å². The van der Waals surface area contributed by atoms with Crippen LogP contribution >= 0.6 is 0 Å². The van der Waals surface area contributed by atoms with E-state index in [4.69, 9.17) is 4.74 Å². The zero-order chi connectivity index (χ0) is 57.9. The molecule has 23 heteroatoms. The molecule has 0 aromatic heterocycles. The number of carboxylic acid groups (broad SMARTS) is 4. The Morgan fingerprint density at radius 3 is 1.62 bits per heavy atom. The van der Waals surface area contributed by atoms with Crippen LogP contribution < -0.4 is 14.2 Å². The van der Waals surface area contributed by atoms with Gasteiger partial charge in [-0.1, -0.05) is 6.42 Å². The number of ether oxygens (including phenoxy) is 1. The summed E-state index contributed by atoms with van der Waals surface area (Å²) in [4.78, 5) is 140. The van der Waals surface area contributed by atoms with E-state index in [1.165, 1.54) is 50.9 Å². The number of nitrogens with zero attached hydrogens (tertiary/aromatic N) is 4. The number of unbranched alkanes of at least 4 members (excludes halogenated alkanes) is 7. The van der Waals surface area contributed by atoms with E-state index < -0.39 is 105 Å². The van der Waals surface area contributed by atoms with Crippen LogP contribution in [0.1, 0.15) is 147 Å². The number of aliphatic carboxylic acids is 4. The molecule has 1 aromatic rings. The minimum absolute atomic E-state index is 0.0192. The predicted molar refractivity (Wildman–Crippen MR) is 293 cm³/mol. The second-order valence-electron chi connectivity index (χ2n) is 20.4. The Morgan fingerprint density at radius 2 is 1.05 bits per heavy atom. The van der Waals surface area contributed by atoms with E-state index in [0.29, 0.717) is 57.1 Å². The van der Waals surface area contributed by atoms with Crippen molar-refractivity contribution in [1.82, 2.24) is 30.2 Å². The molecule has 22 nitrogen and oxygen atoms in total. The number of ketones is 3. The number of carbonyl (C=O) groups is 11. The van der Waals surface area contributed by atoms with Crippen molar-refractivity contribution in [2.24, 2.45) is 0 Å². The third kappa shape index (κ3) is 29.0. The molecule has 6 N–H and O–H groups in total. The number of benzene rings is 1. The third-order valence-electron chi connectivity index (χ3n) is 13.8. The summed E-state index contributed by atoms with van der Waals surface area (Å²) >= 11 is -2.79. The molecule has 2 rings (SSSR count). The second-order valence-corrected chi connectivity index (χ2v) is 33.7. The minimum atomic E-state index is -2.79. The number of esters is 1. The second kappa shape index (κ2) is 39.1. The van der Waals surface area contributed by atoms with Gasteiger partial charge in [-0.3, -0.25) is 57.9 Å². The molecule has 0 radical (unpaired) electrons. The summed E-state index contributed by atoms with van der Waals surface area (Å²) in [5.41, 5.74) is 0.614. The summed E-state index contributed by atoms with van der Waals surface area (Å²) < 4.78 is 10.2. The molecule has 0 unspecified atom stereocenters. The van der Waals surface area contributed by atoms with E-state index in [-0.39, 0.29) is 95.5 Å².